The number of unbranched alkanes of at least 4 members (excludes halogenated alkanes) is 14. The fraction of sp³-hybridized carbons (Fsp3) is 0.944. The maximum Gasteiger partial charge on any atom is 1.00 e. The van der Waals surface area contributed by atoms with Crippen molar-refractivity contribution < 1.29 is 61.3 Å². The summed E-state index contributed by atoms with van der Waals surface area (Å²) in [5.74, 6) is -0.903. The number of hydrogen-bond donors (Lipinski definition) is 0. The van der Waals surface area contributed by atoms with Gasteiger partial charge in [-0.15, -0.1) is 0 Å². The molecule has 0 saturated carbocycles. The normalized spacial score (nSPS) is 10.3. The van der Waals surface area contributed by atoms with Crippen LogP contribution in [0.5, 0.6) is 0 Å². The van der Waals surface area contributed by atoms with Crippen LogP contribution in [0.3, 0.4) is 0 Å². The summed E-state index contributed by atoms with van der Waals surface area (Å²) in [5, 5.41) is 10.2. The van der Waals surface area contributed by atoms with Crippen LogP contribution < -0.4 is 56.5 Å². The maximum absolute atomic E-state index is 10.2. The van der Waals surface area contributed by atoms with Gasteiger partial charge in [0.05, 0.1) is 0 Å². The minimum atomic E-state index is -0.903. The average Bonchev–Trinajstić information content (AvgIpc) is 2.43. The summed E-state index contributed by atoms with van der Waals surface area (Å²) in [4.78, 5) is 10.2. The van der Waals surface area contributed by atoms with E-state index in [4.69, 9.17) is 0 Å². The van der Waals surface area contributed by atoms with Crippen molar-refractivity contribution in [3.8, 4) is 0 Å². The molecule has 120 valence electrons. The summed E-state index contributed by atoms with van der Waals surface area (Å²) in [6.07, 6.45) is 19.9. The quantitative estimate of drug-likeness (QED) is 0.322. The molecule has 0 spiro atoms. The van der Waals surface area contributed by atoms with Gasteiger partial charge < -0.3 is 9.90 Å². The Kier molecular flexibility index (Phi) is 24.5. The largest absolute Gasteiger partial charge is 1.00 e. The van der Waals surface area contributed by atoms with Crippen LogP contribution >= 0.6 is 0 Å². The summed E-state index contributed by atoms with van der Waals surface area (Å²) in [7, 11) is 0. The minimum absolute atomic E-state index is 0. The second-order valence-corrected chi connectivity index (χ2v) is 6.07. The van der Waals surface area contributed by atoms with E-state index in [1.165, 1.54) is 83.5 Å². The number of hydrogen-bond acceptors (Lipinski definition) is 2. The van der Waals surface area contributed by atoms with Crippen molar-refractivity contribution in [2.45, 2.75) is 110 Å². The monoisotopic (exact) mass is 322 g/mol. The van der Waals surface area contributed by atoms with Gasteiger partial charge in [-0.2, -0.15) is 0 Å². The maximum atomic E-state index is 10.2. The van der Waals surface area contributed by atoms with Crippen LogP contribution in [-0.2, 0) is 4.79 Å². The van der Waals surface area contributed by atoms with E-state index in [2.05, 4.69) is 6.92 Å². The third kappa shape index (κ3) is 23.5. The van der Waals surface area contributed by atoms with Crippen molar-refractivity contribution in [2.75, 3.05) is 0 Å². The SMILES string of the molecule is CCCCCCCCCCCCCCCCCC(=O)[O-].[K+]. The number of rotatable bonds is 16. The van der Waals surface area contributed by atoms with Gasteiger partial charge in [0.2, 0.25) is 0 Å². The second-order valence-electron chi connectivity index (χ2n) is 6.07. The zero-order chi connectivity index (χ0) is 14.9. The fourth-order valence-corrected chi connectivity index (χ4v) is 2.64. The average molecular weight is 323 g/mol. The first-order chi connectivity index (χ1) is 9.77. The first-order valence-corrected chi connectivity index (χ1v) is 8.97. The van der Waals surface area contributed by atoms with E-state index < -0.39 is 5.97 Å². The molecule has 3 heteroatoms. The zero-order valence-corrected chi connectivity index (χ0v) is 17.8. The molecule has 0 bridgehead atoms. The van der Waals surface area contributed by atoms with E-state index >= 15 is 0 Å². The Morgan fingerprint density at radius 3 is 1.19 bits per heavy atom. The van der Waals surface area contributed by atoms with Crippen molar-refractivity contribution in [1.29, 1.82) is 0 Å². The summed E-state index contributed by atoms with van der Waals surface area (Å²) < 4.78 is 0. The van der Waals surface area contributed by atoms with Gasteiger partial charge in [-0.3, -0.25) is 0 Å². The van der Waals surface area contributed by atoms with Crippen molar-refractivity contribution >= 4 is 5.97 Å². The van der Waals surface area contributed by atoms with Crippen LogP contribution in [0, 0.1) is 0 Å². The fourth-order valence-electron chi connectivity index (χ4n) is 2.64. The molecule has 0 N–H and O–H groups in total. The van der Waals surface area contributed by atoms with Crippen LogP contribution in [0.4, 0.5) is 0 Å². The van der Waals surface area contributed by atoms with E-state index in [-0.39, 0.29) is 57.8 Å². The third-order valence-electron chi connectivity index (χ3n) is 3.98. The van der Waals surface area contributed by atoms with Crippen LogP contribution in [-0.4, -0.2) is 5.97 Å². The number of carbonyl (C=O) groups is 1. The van der Waals surface area contributed by atoms with Crippen molar-refractivity contribution in [2.24, 2.45) is 0 Å². The molecule has 0 saturated heterocycles. The van der Waals surface area contributed by atoms with E-state index in [1.54, 1.807) is 0 Å². The van der Waals surface area contributed by atoms with Crippen LogP contribution in [0.15, 0.2) is 0 Å². The number of carbonyl (C=O) groups excluding carboxylic acids is 1. The van der Waals surface area contributed by atoms with Gasteiger partial charge in [0, 0.05) is 5.97 Å². The zero-order valence-electron chi connectivity index (χ0n) is 14.6. The predicted octanol–water partition coefficient (Wildman–Crippen LogP) is 2.00. The molecule has 2 nitrogen and oxygen atoms in total. The molecule has 0 radical (unpaired) electrons. The standard InChI is InChI=1S/C18H36O2.K/c1-2-3-4-5-6-7-8-9-10-11-12-13-14-15-16-17-18(19)20;/h2-17H2,1H3,(H,19,20);/q;+1/p-1. The second kappa shape index (κ2) is 21.1. The first-order valence-electron chi connectivity index (χ1n) is 8.97. The summed E-state index contributed by atoms with van der Waals surface area (Å²) in [6, 6.07) is 0. The molecule has 0 amide bonds. The topological polar surface area (TPSA) is 40.1 Å². The molecule has 0 atom stereocenters. The molecule has 0 aliphatic heterocycles. The first kappa shape index (κ1) is 24.4. The van der Waals surface area contributed by atoms with Gasteiger partial charge in [0.25, 0.3) is 0 Å². The molecule has 0 unspecified atom stereocenters. The summed E-state index contributed by atoms with van der Waals surface area (Å²) in [6.45, 7) is 2.27. The van der Waals surface area contributed by atoms with E-state index in [9.17, 15) is 9.90 Å². The van der Waals surface area contributed by atoms with Gasteiger partial charge in [0.1, 0.15) is 0 Å². The van der Waals surface area contributed by atoms with Gasteiger partial charge in [-0.25, -0.2) is 0 Å². The minimum Gasteiger partial charge on any atom is -0.550 e. The molecule has 0 aliphatic rings. The Balaban J connectivity index is 0. The number of carboxylic acid groups (broad SMARTS) is 1. The van der Waals surface area contributed by atoms with Crippen LogP contribution in [0.2, 0.25) is 0 Å². The molecule has 21 heavy (non-hydrogen) atoms. The van der Waals surface area contributed by atoms with E-state index in [0.29, 0.717) is 0 Å². The van der Waals surface area contributed by atoms with Crippen molar-refractivity contribution in [1.82, 2.24) is 0 Å². The van der Waals surface area contributed by atoms with Crippen LogP contribution in [0.25, 0.3) is 0 Å². The molecular weight excluding hydrogens is 287 g/mol. The van der Waals surface area contributed by atoms with E-state index in [1.807, 2.05) is 0 Å². The number of carboxylic acids is 1. The third-order valence-corrected chi connectivity index (χ3v) is 3.98. The molecule has 0 rings (SSSR count). The Morgan fingerprint density at radius 1 is 0.619 bits per heavy atom. The molecular formula is C18H35KO2. The molecule has 0 heterocycles. The van der Waals surface area contributed by atoms with Gasteiger partial charge in [-0.1, -0.05) is 96.8 Å². The smallest absolute Gasteiger partial charge is 0.550 e. The van der Waals surface area contributed by atoms with Gasteiger partial charge in [-0.05, 0) is 12.8 Å². The summed E-state index contributed by atoms with van der Waals surface area (Å²) >= 11 is 0. The molecule has 0 fully saturated rings. The Bertz CT molecular complexity index is 207. The Labute approximate surface area is 175 Å². The Hall–Kier alpha value is 1.11. The van der Waals surface area contributed by atoms with E-state index in [0.717, 1.165) is 12.8 Å². The van der Waals surface area contributed by atoms with Crippen molar-refractivity contribution in [3.05, 3.63) is 0 Å². The van der Waals surface area contributed by atoms with Crippen LogP contribution in [0.1, 0.15) is 110 Å². The molecule has 0 aromatic rings. The molecule has 0 aliphatic carbocycles. The number of aliphatic carboxylic acids is 1. The van der Waals surface area contributed by atoms with Gasteiger partial charge in [0.15, 0.2) is 0 Å². The molecule has 0 aromatic heterocycles. The molecule has 0 aromatic carbocycles. The predicted molar refractivity (Wildman–Crippen MR) is 84.6 cm³/mol. The van der Waals surface area contributed by atoms with Crippen molar-refractivity contribution in [3.63, 3.8) is 0 Å². The van der Waals surface area contributed by atoms with Gasteiger partial charge >= 0.3 is 51.4 Å². The summed E-state index contributed by atoms with van der Waals surface area (Å²) in [5.41, 5.74) is 0. The Morgan fingerprint density at radius 2 is 0.905 bits per heavy atom.